The fraction of sp³-hybridized carbons (Fsp3) is 0.300. The Hall–Kier alpha value is -1.75. The Kier molecular flexibility index (Phi) is 6.43. The average molecular weight is 437 g/mol. The minimum atomic E-state index is -4.96. The van der Waals surface area contributed by atoms with Gasteiger partial charge in [0.05, 0.1) is 21.7 Å². The third-order valence-electron chi connectivity index (χ3n) is 5.60. The van der Waals surface area contributed by atoms with Gasteiger partial charge in [0.25, 0.3) is 0 Å². The van der Waals surface area contributed by atoms with Gasteiger partial charge in [-0.1, -0.05) is 24.3 Å². The molecule has 8 nitrogen and oxygen atoms in total. The number of carbonyl (C=O) groups excluding carboxylic acids is 2. The first-order valence-electron chi connectivity index (χ1n) is 9.31. The SMILES string of the molecule is Nc1c(S(=O)(=O)[O-])cc(NC2CCC(N)CC2)c2c1C(=O)c1ccccc1C2=O.[Na+]. The number of benzene rings is 2. The first-order chi connectivity index (χ1) is 13.7. The third kappa shape index (κ3) is 3.93. The van der Waals surface area contributed by atoms with E-state index >= 15 is 0 Å². The molecule has 30 heavy (non-hydrogen) atoms. The van der Waals surface area contributed by atoms with E-state index < -0.39 is 32.3 Å². The third-order valence-corrected chi connectivity index (χ3v) is 6.48. The molecule has 0 unspecified atom stereocenters. The van der Waals surface area contributed by atoms with Crippen molar-refractivity contribution < 1.29 is 52.1 Å². The van der Waals surface area contributed by atoms with Gasteiger partial charge in [0.15, 0.2) is 11.6 Å². The predicted molar refractivity (Wildman–Crippen MR) is 106 cm³/mol. The second kappa shape index (κ2) is 8.41. The summed E-state index contributed by atoms with van der Waals surface area (Å²) in [7, 11) is -4.96. The van der Waals surface area contributed by atoms with Gasteiger partial charge in [0, 0.05) is 28.9 Å². The summed E-state index contributed by atoms with van der Waals surface area (Å²) in [5.74, 6) is -1.02. The first kappa shape index (κ1) is 22.9. The van der Waals surface area contributed by atoms with Crippen LogP contribution in [0.25, 0.3) is 0 Å². The van der Waals surface area contributed by atoms with Gasteiger partial charge < -0.3 is 21.3 Å². The molecule has 2 aliphatic carbocycles. The van der Waals surface area contributed by atoms with Crippen LogP contribution < -0.4 is 46.3 Å². The van der Waals surface area contributed by atoms with Gasteiger partial charge in [-0.15, -0.1) is 0 Å². The zero-order valence-corrected chi connectivity index (χ0v) is 19.3. The Balaban J connectivity index is 0.00000256. The first-order valence-corrected chi connectivity index (χ1v) is 10.7. The normalized spacial score (nSPS) is 20.7. The molecular weight excluding hydrogens is 417 g/mol. The van der Waals surface area contributed by atoms with Crippen molar-refractivity contribution in [3.63, 3.8) is 0 Å². The maximum Gasteiger partial charge on any atom is 1.00 e. The van der Waals surface area contributed by atoms with E-state index in [1.165, 1.54) is 12.1 Å². The molecule has 2 aromatic rings. The summed E-state index contributed by atoms with van der Waals surface area (Å²) >= 11 is 0. The smallest absolute Gasteiger partial charge is 0.744 e. The van der Waals surface area contributed by atoms with Crippen LogP contribution in [0.3, 0.4) is 0 Å². The summed E-state index contributed by atoms with van der Waals surface area (Å²) in [5, 5.41) is 3.16. The maximum absolute atomic E-state index is 13.2. The van der Waals surface area contributed by atoms with Crippen LogP contribution >= 0.6 is 0 Å². The molecule has 2 aliphatic rings. The monoisotopic (exact) mass is 437 g/mol. The zero-order valence-electron chi connectivity index (χ0n) is 16.5. The van der Waals surface area contributed by atoms with Crippen molar-refractivity contribution in [1.82, 2.24) is 0 Å². The molecule has 0 spiro atoms. The van der Waals surface area contributed by atoms with Crippen LogP contribution in [0.15, 0.2) is 35.2 Å². The molecule has 0 saturated heterocycles. The second-order valence-corrected chi connectivity index (χ2v) is 8.85. The molecule has 152 valence electrons. The number of nitrogens with one attached hydrogen (secondary N) is 1. The van der Waals surface area contributed by atoms with E-state index in [0.29, 0.717) is 0 Å². The van der Waals surface area contributed by atoms with E-state index in [2.05, 4.69) is 5.32 Å². The van der Waals surface area contributed by atoms with Crippen molar-refractivity contribution in [2.75, 3.05) is 11.1 Å². The van der Waals surface area contributed by atoms with Gasteiger partial charge in [-0.2, -0.15) is 0 Å². The van der Waals surface area contributed by atoms with Crippen LogP contribution in [0, 0.1) is 0 Å². The van der Waals surface area contributed by atoms with Crippen molar-refractivity contribution >= 4 is 33.1 Å². The van der Waals surface area contributed by atoms with Crippen molar-refractivity contribution in [3.8, 4) is 0 Å². The summed E-state index contributed by atoms with van der Waals surface area (Å²) in [6.07, 6.45) is 2.99. The van der Waals surface area contributed by atoms with Crippen molar-refractivity contribution in [2.24, 2.45) is 5.73 Å². The molecule has 1 saturated carbocycles. The topological polar surface area (TPSA) is 155 Å². The summed E-state index contributed by atoms with van der Waals surface area (Å²) in [5.41, 5.74) is 11.6. The van der Waals surface area contributed by atoms with Gasteiger partial charge in [0.2, 0.25) is 0 Å². The van der Waals surface area contributed by atoms with Crippen molar-refractivity contribution in [2.45, 2.75) is 42.7 Å². The number of nitrogen functional groups attached to an aromatic ring is 1. The molecule has 0 atom stereocenters. The van der Waals surface area contributed by atoms with Crippen LogP contribution in [0.4, 0.5) is 11.4 Å². The summed E-state index contributed by atoms with van der Waals surface area (Å²) in [6.45, 7) is 0. The Bertz CT molecular complexity index is 1140. The molecule has 5 N–H and O–H groups in total. The Morgan fingerprint density at radius 2 is 1.50 bits per heavy atom. The fourth-order valence-electron chi connectivity index (χ4n) is 4.10. The molecule has 0 radical (unpaired) electrons. The van der Waals surface area contributed by atoms with E-state index in [1.54, 1.807) is 12.1 Å². The number of rotatable bonds is 3. The Morgan fingerprint density at radius 3 is 2.03 bits per heavy atom. The number of ketones is 2. The standard InChI is InChI=1S/C20H21N3O5S.Na/c21-10-5-7-11(8-6-10)23-14-9-15(29(26,27)28)18(22)17-16(14)19(24)12-3-1-2-4-13(12)20(17)25;/h1-4,9-11,23H,5-8,21-22H2,(H,26,27,28);/q;+1/p-1. The average Bonchev–Trinajstić information content (AvgIpc) is 2.68. The second-order valence-electron chi connectivity index (χ2n) is 7.50. The Labute approximate surface area is 196 Å². The van der Waals surface area contributed by atoms with Gasteiger partial charge in [-0.05, 0) is 31.7 Å². The molecule has 10 heteroatoms. The van der Waals surface area contributed by atoms with E-state index in [-0.39, 0.29) is 69.6 Å². The molecule has 4 rings (SSSR count). The van der Waals surface area contributed by atoms with Gasteiger partial charge in [0.1, 0.15) is 10.1 Å². The van der Waals surface area contributed by atoms with Crippen LogP contribution in [0.2, 0.25) is 0 Å². The number of nitrogens with two attached hydrogens (primary N) is 2. The molecule has 0 aliphatic heterocycles. The molecular formula is C20H20N3NaO5S. The minimum absolute atomic E-state index is 0. The molecule has 0 aromatic heterocycles. The summed E-state index contributed by atoms with van der Waals surface area (Å²) in [6, 6.07) is 7.37. The van der Waals surface area contributed by atoms with Crippen LogP contribution in [0.1, 0.15) is 57.5 Å². The van der Waals surface area contributed by atoms with Crippen molar-refractivity contribution in [1.29, 1.82) is 0 Å². The molecule has 1 fully saturated rings. The summed E-state index contributed by atoms with van der Waals surface area (Å²) < 4.78 is 35.4. The molecule has 0 amide bonds. The zero-order chi connectivity index (χ0) is 20.9. The Morgan fingerprint density at radius 1 is 0.967 bits per heavy atom. The minimum Gasteiger partial charge on any atom is -0.744 e. The molecule has 2 aromatic carbocycles. The van der Waals surface area contributed by atoms with E-state index in [9.17, 15) is 22.6 Å². The summed E-state index contributed by atoms with van der Waals surface area (Å²) in [4.78, 5) is 25.6. The van der Waals surface area contributed by atoms with Gasteiger partial charge in [-0.3, -0.25) is 9.59 Å². The number of carbonyl (C=O) groups is 2. The number of hydrogen-bond acceptors (Lipinski definition) is 8. The quantitative estimate of drug-likeness (QED) is 0.258. The fourth-order valence-corrected chi connectivity index (χ4v) is 4.73. The van der Waals surface area contributed by atoms with Crippen LogP contribution in [0.5, 0.6) is 0 Å². The maximum atomic E-state index is 13.2. The molecule has 0 bridgehead atoms. The number of fused-ring (bicyclic) bond motifs is 2. The number of anilines is 2. The van der Waals surface area contributed by atoms with E-state index in [0.717, 1.165) is 31.7 Å². The van der Waals surface area contributed by atoms with E-state index in [1.807, 2.05) is 0 Å². The molecule has 0 heterocycles. The van der Waals surface area contributed by atoms with Gasteiger partial charge >= 0.3 is 29.6 Å². The largest absolute Gasteiger partial charge is 1.00 e. The predicted octanol–water partition coefficient (Wildman–Crippen LogP) is -1.37. The van der Waals surface area contributed by atoms with Crippen LogP contribution in [-0.2, 0) is 10.1 Å². The number of hydrogen-bond donors (Lipinski definition) is 3. The van der Waals surface area contributed by atoms with Gasteiger partial charge in [-0.25, -0.2) is 8.42 Å². The van der Waals surface area contributed by atoms with E-state index in [4.69, 9.17) is 11.5 Å². The van der Waals surface area contributed by atoms with Crippen LogP contribution in [-0.4, -0.2) is 36.6 Å². The van der Waals surface area contributed by atoms with Crippen molar-refractivity contribution in [3.05, 3.63) is 52.6 Å².